The van der Waals surface area contributed by atoms with Crippen LogP contribution in [0.5, 0.6) is 0 Å². The van der Waals surface area contributed by atoms with Gasteiger partial charge in [0.05, 0.1) is 0 Å². The van der Waals surface area contributed by atoms with Gasteiger partial charge in [-0.15, -0.1) is 0 Å². The molecule has 1 fully saturated rings. The average molecular weight is 278 g/mol. The maximum absolute atomic E-state index is 10.3. The summed E-state index contributed by atoms with van der Waals surface area (Å²) in [6.07, 6.45) is -2.00. The molecule has 0 saturated carbocycles. The van der Waals surface area contributed by atoms with Crippen molar-refractivity contribution in [2.24, 2.45) is 0 Å². The molecular weight excluding hydrogens is 264 g/mol. The van der Waals surface area contributed by atoms with E-state index in [-0.39, 0.29) is 12.2 Å². The highest BCUT2D eigenvalue weighted by Gasteiger charge is 2.53. The second-order valence-electron chi connectivity index (χ2n) is 5.95. The van der Waals surface area contributed by atoms with Crippen molar-refractivity contribution in [3.05, 3.63) is 59.7 Å². The van der Waals surface area contributed by atoms with Crippen molar-refractivity contribution in [1.29, 1.82) is 0 Å². The normalized spacial score (nSPS) is 30.2. The SMILES string of the molecule is O[C@H]1[C@H]2O[C@H]2c2cc3c(ccc4ccccc43)cc2[C@@H]1O. The van der Waals surface area contributed by atoms with Crippen LogP contribution in [0.15, 0.2) is 48.5 Å². The average Bonchev–Trinajstić information content (AvgIpc) is 3.32. The number of rotatable bonds is 0. The number of benzene rings is 3. The van der Waals surface area contributed by atoms with Gasteiger partial charge in [-0.3, -0.25) is 0 Å². The number of aliphatic hydroxyl groups is 2. The lowest BCUT2D eigenvalue weighted by atomic mass is 9.85. The first kappa shape index (κ1) is 11.7. The van der Waals surface area contributed by atoms with E-state index in [2.05, 4.69) is 30.3 Å². The molecule has 0 bridgehead atoms. The van der Waals surface area contributed by atoms with Crippen molar-refractivity contribution in [2.45, 2.75) is 24.4 Å². The van der Waals surface area contributed by atoms with Crippen LogP contribution < -0.4 is 0 Å². The number of aliphatic hydroxyl groups excluding tert-OH is 2. The van der Waals surface area contributed by atoms with Crippen LogP contribution in [0.3, 0.4) is 0 Å². The molecule has 3 heteroatoms. The summed E-state index contributed by atoms with van der Waals surface area (Å²) in [7, 11) is 0. The molecule has 0 radical (unpaired) electrons. The molecule has 1 aliphatic heterocycles. The molecule has 0 aromatic heterocycles. The Morgan fingerprint density at radius 2 is 1.62 bits per heavy atom. The zero-order valence-electron chi connectivity index (χ0n) is 11.2. The maximum Gasteiger partial charge on any atom is 0.118 e. The molecule has 1 saturated heterocycles. The Bertz CT molecular complexity index is 886. The topological polar surface area (TPSA) is 53.0 Å². The molecule has 2 N–H and O–H groups in total. The summed E-state index contributed by atoms with van der Waals surface area (Å²) in [4.78, 5) is 0. The zero-order chi connectivity index (χ0) is 14.1. The Hall–Kier alpha value is -1.94. The van der Waals surface area contributed by atoms with Crippen molar-refractivity contribution in [1.82, 2.24) is 0 Å². The predicted molar refractivity (Wildman–Crippen MR) is 80.0 cm³/mol. The van der Waals surface area contributed by atoms with Crippen LogP contribution in [-0.4, -0.2) is 22.4 Å². The highest BCUT2D eigenvalue weighted by Crippen LogP contribution is 2.51. The third-order valence-corrected chi connectivity index (χ3v) is 4.76. The molecule has 104 valence electrons. The van der Waals surface area contributed by atoms with E-state index >= 15 is 0 Å². The summed E-state index contributed by atoms with van der Waals surface area (Å²) >= 11 is 0. The molecule has 0 spiro atoms. The minimum atomic E-state index is -0.861. The Morgan fingerprint density at radius 3 is 2.52 bits per heavy atom. The first-order valence-corrected chi connectivity index (χ1v) is 7.21. The Balaban J connectivity index is 1.86. The summed E-state index contributed by atoms with van der Waals surface area (Å²) in [5.74, 6) is 0. The van der Waals surface area contributed by atoms with E-state index in [1.165, 1.54) is 16.2 Å². The van der Waals surface area contributed by atoms with Crippen molar-refractivity contribution in [3.8, 4) is 0 Å². The van der Waals surface area contributed by atoms with Crippen molar-refractivity contribution < 1.29 is 14.9 Å². The van der Waals surface area contributed by atoms with Crippen LogP contribution in [0, 0.1) is 0 Å². The largest absolute Gasteiger partial charge is 0.387 e. The lowest BCUT2D eigenvalue weighted by Crippen LogP contribution is -2.28. The highest BCUT2D eigenvalue weighted by atomic mass is 16.6. The molecule has 1 aliphatic carbocycles. The fraction of sp³-hybridized carbons (Fsp3) is 0.222. The lowest BCUT2D eigenvalue weighted by molar-refractivity contribution is 0.0000732. The number of fused-ring (bicyclic) bond motifs is 6. The first-order chi connectivity index (χ1) is 10.2. The number of ether oxygens (including phenoxy) is 1. The van der Waals surface area contributed by atoms with Gasteiger partial charge in [-0.2, -0.15) is 0 Å². The van der Waals surface area contributed by atoms with E-state index in [1.54, 1.807) is 0 Å². The number of hydrogen-bond acceptors (Lipinski definition) is 3. The Labute approximate surface area is 121 Å². The molecular formula is C18H14O3. The van der Waals surface area contributed by atoms with Crippen LogP contribution in [0.4, 0.5) is 0 Å². The summed E-state index contributed by atoms with van der Waals surface area (Å²) < 4.78 is 5.54. The van der Waals surface area contributed by atoms with Crippen LogP contribution in [-0.2, 0) is 4.74 Å². The van der Waals surface area contributed by atoms with Crippen LogP contribution >= 0.6 is 0 Å². The summed E-state index contributed by atoms with van der Waals surface area (Å²) in [5.41, 5.74) is 1.81. The van der Waals surface area contributed by atoms with Gasteiger partial charge in [-0.05, 0) is 44.8 Å². The smallest absolute Gasteiger partial charge is 0.118 e. The van der Waals surface area contributed by atoms with E-state index in [0.29, 0.717) is 0 Å². The standard InChI is InChI=1S/C18H14O3/c19-15-13-7-10-6-5-9-3-1-2-4-11(9)12(10)8-14(13)17-18(21-17)16(15)20/h1-8,15-20H/t15-,16+,17-,18+/m0/s1. The van der Waals surface area contributed by atoms with Gasteiger partial charge in [0.15, 0.2) is 0 Å². The third-order valence-electron chi connectivity index (χ3n) is 4.76. The van der Waals surface area contributed by atoms with Gasteiger partial charge >= 0.3 is 0 Å². The van der Waals surface area contributed by atoms with Crippen molar-refractivity contribution in [3.63, 3.8) is 0 Å². The molecule has 1 heterocycles. The van der Waals surface area contributed by atoms with Crippen LogP contribution in [0.25, 0.3) is 21.5 Å². The Kier molecular flexibility index (Phi) is 2.13. The zero-order valence-corrected chi connectivity index (χ0v) is 11.2. The summed E-state index contributed by atoms with van der Waals surface area (Å²) in [6, 6.07) is 16.5. The van der Waals surface area contributed by atoms with Gasteiger partial charge in [0.25, 0.3) is 0 Å². The van der Waals surface area contributed by atoms with Crippen LogP contribution in [0.1, 0.15) is 23.3 Å². The van der Waals surface area contributed by atoms with E-state index in [1.807, 2.05) is 18.2 Å². The minimum Gasteiger partial charge on any atom is -0.387 e. The minimum absolute atomic E-state index is 0.0678. The maximum atomic E-state index is 10.3. The second kappa shape index (κ2) is 3.83. The first-order valence-electron chi connectivity index (χ1n) is 7.21. The molecule has 3 aromatic rings. The van der Waals surface area contributed by atoms with Gasteiger partial charge in [0.1, 0.15) is 24.4 Å². The van der Waals surface area contributed by atoms with E-state index < -0.39 is 12.2 Å². The number of hydrogen-bond donors (Lipinski definition) is 2. The van der Waals surface area contributed by atoms with E-state index in [0.717, 1.165) is 16.5 Å². The fourth-order valence-corrected chi connectivity index (χ4v) is 3.59. The lowest BCUT2D eigenvalue weighted by Gasteiger charge is -2.24. The van der Waals surface area contributed by atoms with Crippen LogP contribution in [0.2, 0.25) is 0 Å². The molecule has 5 rings (SSSR count). The molecule has 3 aromatic carbocycles. The summed E-state index contributed by atoms with van der Waals surface area (Å²) in [5, 5.41) is 24.9. The van der Waals surface area contributed by atoms with Gasteiger partial charge < -0.3 is 14.9 Å². The van der Waals surface area contributed by atoms with Crippen molar-refractivity contribution >= 4 is 21.5 Å². The van der Waals surface area contributed by atoms with Gasteiger partial charge in [0, 0.05) is 0 Å². The number of epoxide rings is 1. The molecule has 21 heavy (non-hydrogen) atoms. The molecule has 2 aliphatic rings. The van der Waals surface area contributed by atoms with Gasteiger partial charge in [-0.1, -0.05) is 36.4 Å². The predicted octanol–water partition coefficient (Wildman–Crippen LogP) is 2.84. The Morgan fingerprint density at radius 1 is 0.810 bits per heavy atom. The van der Waals surface area contributed by atoms with E-state index in [4.69, 9.17) is 4.74 Å². The van der Waals surface area contributed by atoms with Gasteiger partial charge in [0.2, 0.25) is 0 Å². The quantitative estimate of drug-likeness (QED) is 0.491. The fourth-order valence-electron chi connectivity index (χ4n) is 3.59. The molecule has 3 nitrogen and oxygen atoms in total. The molecule has 0 unspecified atom stereocenters. The molecule has 0 amide bonds. The highest BCUT2D eigenvalue weighted by molar-refractivity contribution is 6.08. The monoisotopic (exact) mass is 278 g/mol. The third kappa shape index (κ3) is 1.48. The second-order valence-corrected chi connectivity index (χ2v) is 5.95. The van der Waals surface area contributed by atoms with E-state index in [9.17, 15) is 10.2 Å². The molecule has 4 atom stereocenters. The van der Waals surface area contributed by atoms with Crippen molar-refractivity contribution in [2.75, 3.05) is 0 Å². The summed E-state index contributed by atoms with van der Waals surface area (Å²) in [6.45, 7) is 0. The van der Waals surface area contributed by atoms with Gasteiger partial charge in [-0.25, -0.2) is 0 Å².